The van der Waals surface area contributed by atoms with Crippen LogP contribution in [0.5, 0.6) is 5.75 Å². The summed E-state index contributed by atoms with van der Waals surface area (Å²) in [5.74, 6) is 0.476. The lowest BCUT2D eigenvalue weighted by Gasteiger charge is -2.11. The highest BCUT2D eigenvalue weighted by atomic mass is 79.9. The molecular weight excluding hydrogens is 400 g/mol. The maximum absolute atomic E-state index is 11.6. The summed E-state index contributed by atoms with van der Waals surface area (Å²) in [7, 11) is 0. The van der Waals surface area contributed by atoms with Crippen LogP contribution < -0.4 is 15.8 Å². The maximum Gasteiger partial charge on any atom is 0.245 e. The Morgan fingerprint density at radius 2 is 2.05 bits per heavy atom. The molecule has 2 aromatic rings. The standard InChI is InChI=1S/C15H12Br2N2O2/c16-9-3-1-2-8(4-9)7-21-13-6-12-10(5-11(13)17)14(18)15(20)19-12/h1-6,14H,7,18H2,(H,19,20). The summed E-state index contributed by atoms with van der Waals surface area (Å²) in [4.78, 5) is 11.6. The molecule has 0 bridgehead atoms. The van der Waals surface area contributed by atoms with Crippen molar-refractivity contribution in [3.63, 3.8) is 0 Å². The van der Waals surface area contributed by atoms with Crippen molar-refractivity contribution in [3.8, 4) is 5.75 Å². The van der Waals surface area contributed by atoms with E-state index in [4.69, 9.17) is 10.5 Å². The lowest BCUT2D eigenvalue weighted by atomic mass is 10.1. The first-order valence-corrected chi connectivity index (χ1v) is 7.90. The van der Waals surface area contributed by atoms with Gasteiger partial charge in [0.2, 0.25) is 5.91 Å². The van der Waals surface area contributed by atoms with Gasteiger partial charge in [0, 0.05) is 21.8 Å². The number of anilines is 1. The first kappa shape index (κ1) is 14.6. The van der Waals surface area contributed by atoms with Crippen molar-refractivity contribution in [1.82, 2.24) is 0 Å². The number of fused-ring (bicyclic) bond motifs is 1. The molecule has 1 aliphatic heterocycles. The normalized spacial score (nSPS) is 16.5. The van der Waals surface area contributed by atoms with Gasteiger partial charge in [-0.1, -0.05) is 28.1 Å². The summed E-state index contributed by atoms with van der Waals surface area (Å²) in [5, 5.41) is 2.75. The van der Waals surface area contributed by atoms with Gasteiger partial charge < -0.3 is 15.8 Å². The van der Waals surface area contributed by atoms with Gasteiger partial charge >= 0.3 is 0 Å². The Morgan fingerprint density at radius 3 is 2.81 bits per heavy atom. The zero-order valence-electron chi connectivity index (χ0n) is 10.9. The Hall–Kier alpha value is -1.37. The molecule has 4 nitrogen and oxygen atoms in total. The van der Waals surface area contributed by atoms with Crippen LogP contribution in [-0.4, -0.2) is 5.91 Å². The van der Waals surface area contributed by atoms with E-state index < -0.39 is 6.04 Å². The molecule has 2 aromatic carbocycles. The molecule has 1 atom stereocenters. The number of hydrogen-bond donors (Lipinski definition) is 2. The number of ether oxygens (including phenoxy) is 1. The Morgan fingerprint density at radius 1 is 1.24 bits per heavy atom. The summed E-state index contributed by atoms with van der Waals surface area (Å²) in [6.45, 7) is 0.441. The molecule has 3 rings (SSSR count). The van der Waals surface area contributed by atoms with E-state index in [1.165, 1.54) is 0 Å². The van der Waals surface area contributed by atoms with Gasteiger partial charge in [0.25, 0.3) is 0 Å². The summed E-state index contributed by atoms with van der Waals surface area (Å²) >= 11 is 6.89. The van der Waals surface area contributed by atoms with E-state index in [0.29, 0.717) is 18.0 Å². The molecule has 1 aliphatic rings. The minimum atomic E-state index is -0.615. The van der Waals surface area contributed by atoms with Crippen molar-refractivity contribution in [2.75, 3.05) is 5.32 Å². The largest absolute Gasteiger partial charge is 0.488 e. The summed E-state index contributed by atoms with van der Waals surface area (Å²) in [6, 6.07) is 10.9. The van der Waals surface area contributed by atoms with Crippen LogP contribution in [0.4, 0.5) is 5.69 Å². The van der Waals surface area contributed by atoms with Gasteiger partial charge in [-0.05, 0) is 39.7 Å². The van der Waals surface area contributed by atoms with Gasteiger partial charge in [-0.15, -0.1) is 0 Å². The van der Waals surface area contributed by atoms with Crippen LogP contribution in [0.25, 0.3) is 0 Å². The minimum absolute atomic E-state index is 0.193. The number of benzene rings is 2. The molecule has 1 unspecified atom stereocenters. The fourth-order valence-electron chi connectivity index (χ4n) is 2.18. The molecule has 0 radical (unpaired) electrons. The van der Waals surface area contributed by atoms with Crippen molar-refractivity contribution in [1.29, 1.82) is 0 Å². The number of hydrogen-bond acceptors (Lipinski definition) is 3. The molecule has 1 heterocycles. The maximum atomic E-state index is 11.6. The molecule has 6 heteroatoms. The van der Waals surface area contributed by atoms with Crippen molar-refractivity contribution in [2.24, 2.45) is 5.73 Å². The second-order valence-electron chi connectivity index (χ2n) is 4.76. The number of carbonyl (C=O) groups is 1. The van der Waals surface area contributed by atoms with Crippen molar-refractivity contribution < 1.29 is 9.53 Å². The van der Waals surface area contributed by atoms with E-state index in [1.807, 2.05) is 30.3 Å². The van der Waals surface area contributed by atoms with Crippen LogP contribution in [0.3, 0.4) is 0 Å². The molecule has 0 aromatic heterocycles. The van der Waals surface area contributed by atoms with Crippen molar-refractivity contribution in [3.05, 3.63) is 56.5 Å². The SMILES string of the molecule is NC1C(=O)Nc2cc(OCc3cccc(Br)c3)c(Br)cc21. The third-order valence-electron chi connectivity index (χ3n) is 3.26. The molecule has 21 heavy (non-hydrogen) atoms. The lowest BCUT2D eigenvalue weighted by Crippen LogP contribution is -2.19. The molecule has 108 valence electrons. The predicted molar refractivity (Wildman–Crippen MR) is 88.2 cm³/mol. The number of amides is 1. The third-order valence-corrected chi connectivity index (χ3v) is 4.38. The molecule has 1 amide bonds. The fourth-order valence-corrected chi connectivity index (χ4v) is 3.11. The van der Waals surface area contributed by atoms with Crippen LogP contribution >= 0.6 is 31.9 Å². The fraction of sp³-hybridized carbons (Fsp3) is 0.133. The average molecular weight is 412 g/mol. The van der Waals surface area contributed by atoms with Crippen LogP contribution in [0.2, 0.25) is 0 Å². The van der Waals surface area contributed by atoms with Crippen LogP contribution in [0.1, 0.15) is 17.2 Å². The summed E-state index contributed by atoms with van der Waals surface area (Å²) in [5.41, 5.74) is 8.35. The van der Waals surface area contributed by atoms with Crippen LogP contribution in [-0.2, 0) is 11.4 Å². The molecular formula is C15H12Br2N2O2. The van der Waals surface area contributed by atoms with Gasteiger partial charge in [-0.25, -0.2) is 0 Å². The monoisotopic (exact) mass is 410 g/mol. The molecule has 3 N–H and O–H groups in total. The average Bonchev–Trinajstić information content (AvgIpc) is 2.72. The van der Waals surface area contributed by atoms with Gasteiger partial charge in [-0.2, -0.15) is 0 Å². The van der Waals surface area contributed by atoms with Gasteiger partial charge in [0.15, 0.2) is 0 Å². The Balaban J connectivity index is 1.81. The van der Waals surface area contributed by atoms with Crippen molar-refractivity contribution >= 4 is 43.5 Å². The van der Waals surface area contributed by atoms with Crippen LogP contribution in [0, 0.1) is 0 Å². The van der Waals surface area contributed by atoms with E-state index in [2.05, 4.69) is 37.2 Å². The summed E-state index contributed by atoms with van der Waals surface area (Å²) < 4.78 is 7.60. The third kappa shape index (κ3) is 2.97. The van der Waals surface area contributed by atoms with E-state index in [0.717, 1.165) is 20.1 Å². The Labute approximate surface area is 138 Å². The highest BCUT2D eigenvalue weighted by Gasteiger charge is 2.28. The smallest absolute Gasteiger partial charge is 0.245 e. The first-order chi connectivity index (χ1) is 10.0. The molecule has 0 aliphatic carbocycles. The number of carbonyl (C=O) groups excluding carboxylic acids is 1. The van der Waals surface area contributed by atoms with Crippen molar-refractivity contribution in [2.45, 2.75) is 12.6 Å². The highest BCUT2D eigenvalue weighted by Crippen LogP contribution is 2.38. The molecule has 0 saturated heterocycles. The molecule has 0 spiro atoms. The zero-order chi connectivity index (χ0) is 15.0. The van der Waals surface area contributed by atoms with Gasteiger partial charge in [-0.3, -0.25) is 4.79 Å². The number of nitrogens with two attached hydrogens (primary N) is 1. The Kier molecular flexibility index (Phi) is 4.01. The van der Waals surface area contributed by atoms with E-state index >= 15 is 0 Å². The minimum Gasteiger partial charge on any atom is -0.488 e. The quantitative estimate of drug-likeness (QED) is 0.808. The second kappa shape index (κ2) is 5.79. The van der Waals surface area contributed by atoms with Crippen LogP contribution in [0.15, 0.2) is 45.3 Å². The van der Waals surface area contributed by atoms with E-state index in [9.17, 15) is 4.79 Å². The Bertz CT molecular complexity index is 719. The molecule has 0 saturated carbocycles. The van der Waals surface area contributed by atoms with E-state index in [-0.39, 0.29) is 5.91 Å². The van der Waals surface area contributed by atoms with E-state index in [1.54, 1.807) is 6.07 Å². The number of halogens is 2. The highest BCUT2D eigenvalue weighted by molar-refractivity contribution is 9.10. The van der Waals surface area contributed by atoms with Gasteiger partial charge in [0.1, 0.15) is 18.4 Å². The zero-order valence-corrected chi connectivity index (χ0v) is 14.1. The second-order valence-corrected chi connectivity index (χ2v) is 6.53. The summed E-state index contributed by atoms with van der Waals surface area (Å²) in [6.07, 6.45) is 0. The predicted octanol–water partition coefficient (Wildman–Crippen LogP) is 3.74. The topological polar surface area (TPSA) is 64.4 Å². The van der Waals surface area contributed by atoms with Gasteiger partial charge in [0.05, 0.1) is 4.47 Å². The lowest BCUT2D eigenvalue weighted by molar-refractivity contribution is -0.116. The number of nitrogens with one attached hydrogen (secondary N) is 1. The molecule has 0 fully saturated rings. The number of rotatable bonds is 3. The first-order valence-electron chi connectivity index (χ1n) is 6.32.